The third kappa shape index (κ3) is 3.78. The fraction of sp³-hybridized carbons (Fsp3) is 0.273. The Kier molecular flexibility index (Phi) is 4.54. The molecule has 0 unspecified atom stereocenters. The van der Waals surface area contributed by atoms with Crippen molar-refractivity contribution in [2.45, 2.75) is 33.4 Å². The third-order valence-corrected chi connectivity index (χ3v) is 5.02. The topological polar surface area (TPSA) is 75.0 Å². The molecule has 0 atom stereocenters. The Morgan fingerprint density at radius 1 is 1.11 bits per heavy atom. The molecular formula is C22H24N4O. The average Bonchev–Trinajstić information content (AvgIpc) is 2.61. The van der Waals surface area contributed by atoms with Crippen molar-refractivity contribution < 1.29 is 0 Å². The Balaban J connectivity index is 1.61. The number of aromatic amines is 1. The molecule has 3 N–H and O–H groups in total. The molecule has 4 rings (SSSR count). The normalized spacial score (nSPS) is 14.1. The predicted octanol–water partition coefficient (Wildman–Crippen LogP) is 3.19. The van der Waals surface area contributed by atoms with E-state index in [2.05, 4.69) is 41.9 Å². The first-order valence-electron chi connectivity index (χ1n) is 9.25. The molecule has 2 aromatic carbocycles. The van der Waals surface area contributed by atoms with Crippen LogP contribution in [0.2, 0.25) is 0 Å². The van der Waals surface area contributed by atoms with Gasteiger partial charge in [-0.15, -0.1) is 0 Å². The van der Waals surface area contributed by atoms with E-state index in [-0.39, 0.29) is 5.56 Å². The molecule has 0 radical (unpaired) electrons. The first kappa shape index (κ1) is 17.5. The van der Waals surface area contributed by atoms with E-state index in [1.807, 2.05) is 24.3 Å². The number of hydrogen-bond donors (Lipinski definition) is 2. The maximum absolute atomic E-state index is 12.5. The molecule has 0 saturated heterocycles. The van der Waals surface area contributed by atoms with E-state index in [1.165, 1.54) is 16.7 Å². The number of nitrogens with two attached hydrogens (primary N) is 1. The van der Waals surface area contributed by atoms with Crippen LogP contribution < -0.4 is 11.3 Å². The van der Waals surface area contributed by atoms with Gasteiger partial charge in [0.15, 0.2) is 0 Å². The van der Waals surface area contributed by atoms with Gasteiger partial charge in [-0.05, 0) is 50.1 Å². The second-order valence-corrected chi connectivity index (χ2v) is 7.42. The maximum atomic E-state index is 12.5. The number of H-pyrrole nitrogens is 1. The van der Waals surface area contributed by atoms with E-state index in [9.17, 15) is 4.79 Å². The molecule has 27 heavy (non-hydrogen) atoms. The fourth-order valence-electron chi connectivity index (χ4n) is 3.82. The van der Waals surface area contributed by atoms with Gasteiger partial charge in [0.1, 0.15) is 5.82 Å². The molecule has 3 aromatic rings. The minimum absolute atomic E-state index is 0.0297. The maximum Gasteiger partial charge on any atom is 0.254 e. The highest BCUT2D eigenvalue weighted by Gasteiger charge is 2.21. The van der Waals surface area contributed by atoms with Crippen LogP contribution in [0.1, 0.15) is 27.9 Å². The summed E-state index contributed by atoms with van der Waals surface area (Å²) in [5.74, 6) is 0.604. The van der Waals surface area contributed by atoms with Crippen molar-refractivity contribution in [3.05, 3.63) is 80.8 Å². The molecule has 0 fully saturated rings. The fourth-order valence-corrected chi connectivity index (χ4v) is 3.82. The number of fused-ring (bicyclic) bond motifs is 1. The first-order valence-corrected chi connectivity index (χ1v) is 9.25. The summed E-state index contributed by atoms with van der Waals surface area (Å²) in [4.78, 5) is 22.6. The van der Waals surface area contributed by atoms with Gasteiger partial charge < -0.3 is 10.7 Å². The van der Waals surface area contributed by atoms with Crippen LogP contribution in [0.15, 0.2) is 47.3 Å². The number of nitrogens with zero attached hydrogens (tertiary/aromatic N) is 2. The summed E-state index contributed by atoms with van der Waals surface area (Å²) in [6, 6.07) is 14.1. The van der Waals surface area contributed by atoms with Crippen molar-refractivity contribution in [2.75, 3.05) is 12.3 Å². The quantitative estimate of drug-likeness (QED) is 0.704. The lowest BCUT2D eigenvalue weighted by atomic mass is 10.0. The highest BCUT2D eigenvalue weighted by atomic mass is 16.1. The van der Waals surface area contributed by atoms with Crippen LogP contribution in [0.3, 0.4) is 0 Å². The van der Waals surface area contributed by atoms with Gasteiger partial charge in [0.2, 0.25) is 0 Å². The lowest BCUT2D eigenvalue weighted by Gasteiger charge is -2.28. The molecule has 0 bridgehead atoms. The van der Waals surface area contributed by atoms with Crippen LogP contribution >= 0.6 is 0 Å². The predicted molar refractivity (Wildman–Crippen MR) is 108 cm³/mol. The van der Waals surface area contributed by atoms with Gasteiger partial charge in [0, 0.05) is 36.4 Å². The molecule has 1 aliphatic heterocycles. The second kappa shape index (κ2) is 7.00. The number of rotatable bonds is 3. The van der Waals surface area contributed by atoms with Crippen molar-refractivity contribution in [2.24, 2.45) is 0 Å². The Morgan fingerprint density at radius 2 is 1.81 bits per heavy atom. The lowest BCUT2D eigenvalue weighted by Crippen LogP contribution is -2.35. The highest BCUT2D eigenvalue weighted by molar-refractivity contribution is 5.58. The summed E-state index contributed by atoms with van der Waals surface area (Å²) < 4.78 is 0. The number of nitrogens with one attached hydrogen (secondary N) is 1. The van der Waals surface area contributed by atoms with E-state index in [0.717, 1.165) is 36.3 Å². The van der Waals surface area contributed by atoms with E-state index >= 15 is 0 Å². The Morgan fingerprint density at radius 3 is 2.52 bits per heavy atom. The monoisotopic (exact) mass is 360 g/mol. The molecule has 1 aromatic heterocycles. The van der Waals surface area contributed by atoms with Crippen molar-refractivity contribution in [1.82, 2.24) is 14.9 Å². The van der Waals surface area contributed by atoms with Crippen LogP contribution in [0, 0.1) is 13.8 Å². The SMILES string of the molecule is Cc1cc(C)cc(CN2CCc3c(nc(-c4ccc(N)cc4)[nH]c3=O)C2)c1. The van der Waals surface area contributed by atoms with Crippen LogP contribution in [0.25, 0.3) is 11.4 Å². The highest BCUT2D eigenvalue weighted by Crippen LogP contribution is 2.21. The summed E-state index contributed by atoms with van der Waals surface area (Å²) in [6.07, 6.45) is 0.727. The van der Waals surface area contributed by atoms with E-state index < -0.39 is 0 Å². The van der Waals surface area contributed by atoms with E-state index in [4.69, 9.17) is 10.7 Å². The Hall–Kier alpha value is -2.92. The van der Waals surface area contributed by atoms with Crippen molar-refractivity contribution in [1.29, 1.82) is 0 Å². The second-order valence-electron chi connectivity index (χ2n) is 7.42. The van der Waals surface area contributed by atoms with Gasteiger partial charge in [0.05, 0.1) is 5.69 Å². The van der Waals surface area contributed by atoms with Crippen LogP contribution in [0.5, 0.6) is 0 Å². The van der Waals surface area contributed by atoms with Crippen LogP contribution in [-0.2, 0) is 19.5 Å². The van der Waals surface area contributed by atoms with E-state index in [1.54, 1.807) is 0 Å². The zero-order valence-corrected chi connectivity index (χ0v) is 15.7. The minimum atomic E-state index is -0.0297. The summed E-state index contributed by atoms with van der Waals surface area (Å²) >= 11 is 0. The summed E-state index contributed by atoms with van der Waals surface area (Å²) in [7, 11) is 0. The third-order valence-electron chi connectivity index (χ3n) is 5.02. The molecule has 0 aliphatic carbocycles. The zero-order chi connectivity index (χ0) is 19.0. The molecule has 138 valence electrons. The minimum Gasteiger partial charge on any atom is -0.399 e. The summed E-state index contributed by atoms with van der Waals surface area (Å²) in [5, 5.41) is 0. The number of nitrogen functional groups attached to an aromatic ring is 1. The van der Waals surface area contributed by atoms with Gasteiger partial charge in [0.25, 0.3) is 5.56 Å². The largest absolute Gasteiger partial charge is 0.399 e. The molecule has 2 heterocycles. The van der Waals surface area contributed by atoms with Gasteiger partial charge >= 0.3 is 0 Å². The Labute approximate surface area is 158 Å². The van der Waals surface area contributed by atoms with Gasteiger partial charge in [-0.3, -0.25) is 9.69 Å². The van der Waals surface area contributed by atoms with Crippen molar-refractivity contribution >= 4 is 5.69 Å². The standard InChI is InChI=1S/C22H24N4O/c1-14-9-15(2)11-16(10-14)12-26-8-7-19-20(13-26)24-21(25-22(19)27)17-3-5-18(23)6-4-17/h3-6,9-11H,7-8,12-13,23H2,1-2H3,(H,24,25,27). The summed E-state index contributed by atoms with van der Waals surface area (Å²) in [5.41, 5.74) is 12.8. The molecule has 0 saturated carbocycles. The van der Waals surface area contributed by atoms with Gasteiger partial charge in [-0.1, -0.05) is 29.3 Å². The molecule has 0 spiro atoms. The molecular weight excluding hydrogens is 336 g/mol. The smallest absolute Gasteiger partial charge is 0.254 e. The first-order chi connectivity index (χ1) is 13.0. The zero-order valence-electron chi connectivity index (χ0n) is 15.7. The molecule has 5 nitrogen and oxygen atoms in total. The number of hydrogen-bond acceptors (Lipinski definition) is 4. The summed E-state index contributed by atoms with van der Waals surface area (Å²) in [6.45, 7) is 6.68. The molecule has 5 heteroatoms. The van der Waals surface area contributed by atoms with Gasteiger partial charge in [-0.25, -0.2) is 4.98 Å². The molecule has 0 amide bonds. The number of benzene rings is 2. The molecule has 1 aliphatic rings. The van der Waals surface area contributed by atoms with Crippen LogP contribution in [0.4, 0.5) is 5.69 Å². The number of aromatic nitrogens is 2. The Bertz CT molecular complexity index is 1020. The van der Waals surface area contributed by atoms with Gasteiger partial charge in [-0.2, -0.15) is 0 Å². The number of anilines is 1. The number of aryl methyl sites for hydroxylation is 2. The average molecular weight is 360 g/mol. The van der Waals surface area contributed by atoms with Crippen molar-refractivity contribution in [3.63, 3.8) is 0 Å². The lowest BCUT2D eigenvalue weighted by molar-refractivity contribution is 0.240. The van der Waals surface area contributed by atoms with Crippen LogP contribution in [-0.4, -0.2) is 21.4 Å². The van der Waals surface area contributed by atoms with E-state index in [0.29, 0.717) is 18.1 Å². The van der Waals surface area contributed by atoms with Crippen molar-refractivity contribution in [3.8, 4) is 11.4 Å².